The number of alkyl halides is 2. The zero-order valence-corrected chi connectivity index (χ0v) is 10.5. The number of benzene rings is 1. The van der Waals surface area contributed by atoms with Crippen LogP contribution >= 0.6 is 0 Å². The number of ketones is 1. The van der Waals surface area contributed by atoms with Crippen molar-refractivity contribution >= 4 is 5.78 Å². The van der Waals surface area contributed by atoms with E-state index in [1.54, 1.807) is 0 Å². The summed E-state index contributed by atoms with van der Waals surface area (Å²) < 4.78 is 33.6. The van der Waals surface area contributed by atoms with Crippen LogP contribution in [0.3, 0.4) is 0 Å². The first kappa shape index (κ1) is 13.9. The molecule has 1 fully saturated rings. The normalized spacial score (nSPS) is 18.8. The van der Waals surface area contributed by atoms with Crippen molar-refractivity contribution in [2.24, 2.45) is 0 Å². The van der Waals surface area contributed by atoms with Crippen LogP contribution in [0.4, 0.5) is 8.78 Å². The summed E-state index contributed by atoms with van der Waals surface area (Å²) in [4.78, 5) is 11.9. The molecular weight excluding hydrogens is 254 g/mol. The van der Waals surface area contributed by atoms with Crippen molar-refractivity contribution < 1.29 is 23.0 Å². The van der Waals surface area contributed by atoms with Gasteiger partial charge in [0.15, 0.2) is 5.78 Å². The molecule has 0 radical (unpaired) electrons. The van der Waals surface area contributed by atoms with Crippen LogP contribution in [0.5, 0.6) is 5.75 Å². The van der Waals surface area contributed by atoms with Gasteiger partial charge in [0.1, 0.15) is 5.75 Å². The average molecular weight is 270 g/mol. The fraction of sp³-hybridized carbons (Fsp3) is 0.500. The number of hydrogen-bond acceptors (Lipinski definition) is 3. The molecule has 19 heavy (non-hydrogen) atoms. The molecule has 0 aliphatic carbocycles. The molecule has 3 nitrogen and oxygen atoms in total. The van der Waals surface area contributed by atoms with E-state index in [1.807, 2.05) is 0 Å². The molecule has 1 unspecified atom stereocenters. The van der Waals surface area contributed by atoms with Gasteiger partial charge in [0.2, 0.25) is 0 Å². The summed E-state index contributed by atoms with van der Waals surface area (Å²) in [7, 11) is 0. The fourth-order valence-electron chi connectivity index (χ4n) is 2.13. The van der Waals surface area contributed by atoms with E-state index in [0.717, 1.165) is 19.4 Å². The summed E-state index contributed by atoms with van der Waals surface area (Å²) in [5, 5.41) is 0. The van der Waals surface area contributed by atoms with Crippen molar-refractivity contribution in [1.82, 2.24) is 0 Å². The number of carbonyl (C=O) groups is 1. The van der Waals surface area contributed by atoms with Gasteiger partial charge >= 0.3 is 6.61 Å². The molecule has 1 aliphatic heterocycles. The van der Waals surface area contributed by atoms with E-state index < -0.39 is 6.61 Å². The molecule has 0 spiro atoms. The first-order valence-corrected chi connectivity index (χ1v) is 6.35. The topological polar surface area (TPSA) is 35.5 Å². The summed E-state index contributed by atoms with van der Waals surface area (Å²) in [6.07, 6.45) is 3.38. The third-order valence-electron chi connectivity index (χ3n) is 3.12. The van der Waals surface area contributed by atoms with Gasteiger partial charge in [0.05, 0.1) is 6.10 Å². The largest absolute Gasteiger partial charge is 0.435 e. The molecule has 1 aromatic carbocycles. The molecule has 0 bridgehead atoms. The van der Waals surface area contributed by atoms with E-state index >= 15 is 0 Å². The Balaban J connectivity index is 1.84. The second kappa shape index (κ2) is 6.61. The highest BCUT2D eigenvalue weighted by Crippen LogP contribution is 2.20. The summed E-state index contributed by atoms with van der Waals surface area (Å²) in [6.45, 7) is -2.07. The molecule has 5 heteroatoms. The second-order valence-corrected chi connectivity index (χ2v) is 4.50. The molecule has 1 heterocycles. The van der Waals surface area contributed by atoms with Gasteiger partial charge in [-0.2, -0.15) is 8.78 Å². The van der Waals surface area contributed by atoms with Crippen LogP contribution in [0.2, 0.25) is 0 Å². The Morgan fingerprint density at radius 1 is 1.37 bits per heavy atom. The van der Waals surface area contributed by atoms with Crippen molar-refractivity contribution in [3.8, 4) is 5.75 Å². The van der Waals surface area contributed by atoms with E-state index in [-0.39, 0.29) is 17.6 Å². The van der Waals surface area contributed by atoms with Crippen LogP contribution < -0.4 is 4.74 Å². The quantitative estimate of drug-likeness (QED) is 0.743. The smallest absolute Gasteiger partial charge is 0.387 e. The van der Waals surface area contributed by atoms with E-state index in [4.69, 9.17) is 4.74 Å². The van der Waals surface area contributed by atoms with Crippen molar-refractivity contribution in [2.45, 2.75) is 38.4 Å². The molecule has 1 aromatic rings. The molecule has 0 saturated carbocycles. The second-order valence-electron chi connectivity index (χ2n) is 4.50. The summed E-state index contributed by atoms with van der Waals surface area (Å²) in [6, 6.07) is 5.78. The molecular formula is C14H16F2O3. The van der Waals surface area contributed by atoms with E-state index in [0.29, 0.717) is 18.4 Å². The minimum atomic E-state index is -2.85. The Morgan fingerprint density at radius 2 is 2.11 bits per heavy atom. The van der Waals surface area contributed by atoms with Crippen molar-refractivity contribution in [1.29, 1.82) is 0 Å². The van der Waals surface area contributed by atoms with E-state index in [9.17, 15) is 13.6 Å². The number of Topliss-reactive ketones (excluding diaryl/α,β-unsaturated/α-hetero) is 1. The Hall–Kier alpha value is -1.49. The molecule has 1 atom stereocenters. The van der Waals surface area contributed by atoms with E-state index in [2.05, 4.69) is 4.74 Å². The predicted octanol–water partition coefficient (Wildman–Crippen LogP) is 3.43. The Bertz CT molecular complexity index is 411. The maximum atomic E-state index is 12.0. The molecule has 1 saturated heterocycles. The lowest BCUT2D eigenvalue weighted by molar-refractivity contribution is -0.0498. The number of hydrogen-bond donors (Lipinski definition) is 0. The fourth-order valence-corrected chi connectivity index (χ4v) is 2.13. The lowest BCUT2D eigenvalue weighted by Crippen LogP contribution is -2.09. The third-order valence-corrected chi connectivity index (χ3v) is 3.12. The van der Waals surface area contributed by atoms with Crippen LogP contribution in [0, 0.1) is 0 Å². The van der Waals surface area contributed by atoms with Gasteiger partial charge < -0.3 is 9.47 Å². The number of rotatable bonds is 6. The highest BCUT2D eigenvalue weighted by Gasteiger charge is 2.17. The van der Waals surface area contributed by atoms with Gasteiger partial charge in [-0.25, -0.2) is 0 Å². The minimum Gasteiger partial charge on any atom is -0.435 e. The number of halogens is 2. The van der Waals surface area contributed by atoms with Gasteiger partial charge in [-0.1, -0.05) is 0 Å². The predicted molar refractivity (Wildman–Crippen MR) is 65.6 cm³/mol. The first-order valence-electron chi connectivity index (χ1n) is 6.35. The Labute approximate surface area is 110 Å². The zero-order valence-electron chi connectivity index (χ0n) is 10.5. The highest BCUT2D eigenvalue weighted by molar-refractivity contribution is 5.96. The standard InChI is InChI=1S/C14H16F2O3/c15-14(16)19-12-5-3-10(4-6-12)13(17)8-7-11-2-1-9-18-11/h3-6,11,14H,1-2,7-9H2. The third kappa shape index (κ3) is 4.28. The van der Waals surface area contributed by atoms with Crippen LogP contribution in [0.25, 0.3) is 0 Å². The van der Waals surface area contributed by atoms with Gasteiger partial charge in [0.25, 0.3) is 0 Å². The van der Waals surface area contributed by atoms with Gasteiger partial charge in [-0.15, -0.1) is 0 Å². The van der Waals surface area contributed by atoms with Crippen LogP contribution in [-0.4, -0.2) is 25.1 Å². The SMILES string of the molecule is O=C(CCC1CCCO1)c1ccc(OC(F)F)cc1. The summed E-state index contributed by atoms with van der Waals surface area (Å²) >= 11 is 0. The van der Waals surface area contributed by atoms with Crippen LogP contribution in [-0.2, 0) is 4.74 Å². The van der Waals surface area contributed by atoms with E-state index in [1.165, 1.54) is 24.3 Å². The summed E-state index contributed by atoms with van der Waals surface area (Å²) in [5.74, 6) is 0.0600. The molecule has 2 rings (SSSR count). The molecule has 0 N–H and O–H groups in total. The van der Waals surface area contributed by atoms with Crippen LogP contribution in [0.15, 0.2) is 24.3 Å². The zero-order chi connectivity index (χ0) is 13.7. The van der Waals surface area contributed by atoms with Gasteiger partial charge in [0, 0.05) is 18.6 Å². The van der Waals surface area contributed by atoms with Gasteiger partial charge in [-0.05, 0) is 43.5 Å². The van der Waals surface area contributed by atoms with Crippen molar-refractivity contribution in [3.05, 3.63) is 29.8 Å². The highest BCUT2D eigenvalue weighted by atomic mass is 19.3. The maximum absolute atomic E-state index is 12.0. The van der Waals surface area contributed by atoms with Gasteiger partial charge in [-0.3, -0.25) is 4.79 Å². The minimum absolute atomic E-state index is 0.000836. The number of ether oxygens (including phenoxy) is 2. The van der Waals surface area contributed by atoms with Crippen molar-refractivity contribution in [3.63, 3.8) is 0 Å². The molecule has 104 valence electrons. The van der Waals surface area contributed by atoms with Crippen LogP contribution in [0.1, 0.15) is 36.0 Å². The monoisotopic (exact) mass is 270 g/mol. The lowest BCUT2D eigenvalue weighted by Gasteiger charge is -2.08. The summed E-state index contributed by atoms with van der Waals surface area (Å²) in [5.41, 5.74) is 0.514. The van der Waals surface area contributed by atoms with Crippen molar-refractivity contribution in [2.75, 3.05) is 6.61 Å². The Morgan fingerprint density at radius 3 is 2.68 bits per heavy atom. The number of carbonyl (C=O) groups excluding carboxylic acids is 1. The lowest BCUT2D eigenvalue weighted by atomic mass is 10.0. The molecule has 0 amide bonds. The maximum Gasteiger partial charge on any atom is 0.387 e. The Kier molecular flexibility index (Phi) is 4.85. The first-order chi connectivity index (χ1) is 9.15. The molecule has 1 aliphatic rings. The molecule has 0 aromatic heterocycles. The average Bonchev–Trinajstić information content (AvgIpc) is 2.89.